The second-order valence-corrected chi connectivity index (χ2v) is 5.82. The van der Waals surface area contributed by atoms with Gasteiger partial charge in [0.05, 0.1) is 37.8 Å². The van der Waals surface area contributed by atoms with Crippen molar-refractivity contribution < 1.29 is 23.8 Å². The highest BCUT2D eigenvalue weighted by atomic mass is 16.5. The lowest BCUT2D eigenvalue weighted by atomic mass is 9.96. The molecule has 0 saturated heterocycles. The van der Waals surface area contributed by atoms with Crippen LogP contribution in [-0.4, -0.2) is 40.5 Å². The number of aryl methyl sites for hydroxylation is 1. The van der Waals surface area contributed by atoms with Crippen molar-refractivity contribution >= 4 is 5.97 Å². The minimum Gasteiger partial charge on any atom is -0.496 e. The van der Waals surface area contributed by atoms with Crippen molar-refractivity contribution in [1.29, 1.82) is 0 Å². The van der Waals surface area contributed by atoms with Gasteiger partial charge in [-0.2, -0.15) is 0 Å². The van der Waals surface area contributed by atoms with Crippen LogP contribution >= 0.6 is 0 Å². The molecule has 3 rings (SSSR count). The van der Waals surface area contributed by atoms with Crippen molar-refractivity contribution in [3.05, 3.63) is 54.0 Å². The Bertz CT molecular complexity index is 932. The lowest BCUT2D eigenvalue weighted by molar-refractivity contribution is -0.137. The number of hydrogen-bond acceptors (Lipinski definition) is 7. The third kappa shape index (κ3) is 3.89. The van der Waals surface area contributed by atoms with E-state index in [1.54, 1.807) is 39.5 Å². The molecule has 8 nitrogen and oxygen atoms in total. The summed E-state index contributed by atoms with van der Waals surface area (Å²) in [6, 6.07) is 9.08. The fourth-order valence-corrected chi connectivity index (χ4v) is 2.88. The Hall–Kier alpha value is -3.42. The molecule has 0 aliphatic rings. The van der Waals surface area contributed by atoms with Gasteiger partial charge >= 0.3 is 5.97 Å². The number of nitrogens with zero attached hydrogens (tertiary/aromatic N) is 3. The highest BCUT2D eigenvalue weighted by molar-refractivity contribution is 5.77. The summed E-state index contributed by atoms with van der Waals surface area (Å²) in [7, 11) is 3.16. The predicted octanol–water partition coefficient (Wildman–Crippen LogP) is 3.06. The molecule has 1 N–H and O–H groups in total. The van der Waals surface area contributed by atoms with Crippen molar-refractivity contribution in [3.8, 4) is 22.6 Å². The molecule has 1 atom stereocenters. The topological polar surface area (TPSA) is 108 Å². The molecule has 2 heterocycles. The molecule has 0 saturated carbocycles. The Kier molecular flexibility index (Phi) is 5.35. The number of aromatic nitrogens is 3. The summed E-state index contributed by atoms with van der Waals surface area (Å²) in [6.45, 7) is 1.65. The average molecular weight is 369 g/mol. The Morgan fingerprint density at radius 3 is 2.44 bits per heavy atom. The van der Waals surface area contributed by atoms with Gasteiger partial charge in [-0.1, -0.05) is 6.07 Å². The summed E-state index contributed by atoms with van der Waals surface area (Å²) in [4.78, 5) is 15.7. The number of rotatable bonds is 7. The van der Waals surface area contributed by atoms with Crippen LogP contribution in [0.1, 0.15) is 29.8 Å². The van der Waals surface area contributed by atoms with Crippen LogP contribution in [0.25, 0.3) is 11.1 Å². The number of pyridine rings is 1. The number of ether oxygens (including phenoxy) is 2. The van der Waals surface area contributed by atoms with Crippen LogP contribution in [0.5, 0.6) is 11.5 Å². The van der Waals surface area contributed by atoms with Gasteiger partial charge in [0.1, 0.15) is 11.5 Å². The standard InChI is InChI=1S/C19H19N3O5/c1-11-21-22-19(27-11)13(10-17(23)24)14-9-12(7-8-20-14)18-15(25-2)5-4-6-16(18)26-3/h4-9,13H,10H2,1-3H3,(H,23,24). The molecule has 8 heteroatoms. The molecule has 27 heavy (non-hydrogen) atoms. The van der Waals surface area contributed by atoms with Crippen LogP contribution in [0, 0.1) is 6.92 Å². The van der Waals surface area contributed by atoms with Crippen LogP contribution < -0.4 is 9.47 Å². The average Bonchev–Trinajstić information content (AvgIpc) is 3.11. The first-order valence-corrected chi connectivity index (χ1v) is 8.22. The van der Waals surface area contributed by atoms with Gasteiger partial charge in [0.2, 0.25) is 11.8 Å². The van der Waals surface area contributed by atoms with Gasteiger partial charge in [0.15, 0.2) is 0 Å². The monoisotopic (exact) mass is 369 g/mol. The fraction of sp³-hybridized carbons (Fsp3) is 0.263. The highest BCUT2D eigenvalue weighted by Crippen LogP contribution is 2.39. The van der Waals surface area contributed by atoms with Crippen molar-refractivity contribution in [3.63, 3.8) is 0 Å². The Balaban J connectivity index is 2.10. The van der Waals surface area contributed by atoms with E-state index >= 15 is 0 Å². The largest absolute Gasteiger partial charge is 0.496 e. The van der Waals surface area contributed by atoms with Crippen LogP contribution in [0.15, 0.2) is 40.9 Å². The lowest BCUT2D eigenvalue weighted by Crippen LogP contribution is -2.10. The van der Waals surface area contributed by atoms with Gasteiger partial charge in [0, 0.05) is 13.1 Å². The molecule has 0 amide bonds. The zero-order valence-electron chi connectivity index (χ0n) is 15.2. The van der Waals surface area contributed by atoms with E-state index in [0.717, 1.165) is 11.1 Å². The summed E-state index contributed by atoms with van der Waals surface area (Å²) >= 11 is 0. The van der Waals surface area contributed by atoms with E-state index in [1.165, 1.54) is 0 Å². The number of carboxylic acid groups (broad SMARTS) is 1. The first kappa shape index (κ1) is 18.4. The molecule has 1 aromatic carbocycles. The number of benzene rings is 1. The summed E-state index contributed by atoms with van der Waals surface area (Å²) in [6.07, 6.45) is 1.38. The van der Waals surface area contributed by atoms with Crippen molar-refractivity contribution in [2.24, 2.45) is 0 Å². The Morgan fingerprint density at radius 1 is 1.19 bits per heavy atom. The van der Waals surface area contributed by atoms with Crippen molar-refractivity contribution in [2.75, 3.05) is 14.2 Å². The Labute approximate surface area is 155 Å². The molecule has 2 aromatic heterocycles. The summed E-state index contributed by atoms with van der Waals surface area (Å²) in [5, 5.41) is 17.1. The number of carbonyl (C=O) groups is 1. The number of aliphatic carboxylic acids is 1. The molecule has 0 radical (unpaired) electrons. The van der Waals surface area contributed by atoms with Gasteiger partial charge in [-0.25, -0.2) is 0 Å². The van der Waals surface area contributed by atoms with Crippen LogP contribution in [0.2, 0.25) is 0 Å². The fourth-order valence-electron chi connectivity index (χ4n) is 2.88. The molecule has 0 spiro atoms. The third-order valence-corrected chi connectivity index (χ3v) is 4.07. The maximum Gasteiger partial charge on any atom is 0.304 e. The minimum atomic E-state index is -0.988. The molecular weight excluding hydrogens is 350 g/mol. The zero-order valence-corrected chi connectivity index (χ0v) is 15.2. The van der Waals surface area contributed by atoms with E-state index < -0.39 is 11.9 Å². The van der Waals surface area contributed by atoms with E-state index in [-0.39, 0.29) is 12.3 Å². The molecule has 0 bridgehead atoms. The first-order valence-electron chi connectivity index (χ1n) is 8.22. The first-order chi connectivity index (χ1) is 13.0. The minimum absolute atomic E-state index is 0.214. The van der Waals surface area contributed by atoms with E-state index in [0.29, 0.717) is 23.1 Å². The van der Waals surface area contributed by atoms with Gasteiger partial charge in [-0.3, -0.25) is 9.78 Å². The number of hydrogen-bond donors (Lipinski definition) is 1. The molecule has 3 aromatic rings. The lowest BCUT2D eigenvalue weighted by Gasteiger charge is -2.15. The van der Waals surface area contributed by atoms with Gasteiger partial charge < -0.3 is 19.0 Å². The predicted molar refractivity (Wildman–Crippen MR) is 95.9 cm³/mol. The van der Waals surface area contributed by atoms with Gasteiger partial charge in [-0.15, -0.1) is 10.2 Å². The van der Waals surface area contributed by atoms with Crippen LogP contribution in [0.3, 0.4) is 0 Å². The third-order valence-electron chi connectivity index (χ3n) is 4.07. The maximum atomic E-state index is 11.4. The van der Waals surface area contributed by atoms with E-state index in [2.05, 4.69) is 15.2 Å². The van der Waals surface area contributed by atoms with Crippen LogP contribution in [0.4, 0.5) is 0 Å². The summed E-state index contributed by atoms with van der Waals surface area (Å²) in [5.74, 6) is 0.196. The van der Waals surface area contributed by atoms with Crippen LogP contribution in [-0.2, 0) is 4.79 Å². The van der Waals surface area contributed by atoms with E-state index in [4.69, 9.17) is 13.9 Å². The normalized spacial score (nSPS) is 11.8. The molecule has 0 fully saturated rings. The van der Waals surface area contributed by atoms with E-state index in [9.17, 15) is 9.90 Å². The molecule has 140 valence electrons. The second-order valence-electron chi connectivity index (χ2n) is 5.82. The Morgan fingerprint density at radius 2 is 1.89 bits per heavy atom. The van der Waals surface area contributed by atoms with Crippen molar-refractivity contribution in [2.45, 2.75) is 19.3 Å². The molecular formula is C19H19N3O5. The maximum absolute atomic E-state index is 11.4. The number of carboxylic acids is 1. The quantitative estimate of drug-likeness (QED) is 0.677. The zero-order chi connectivity index (χ0) is 19.4. The SMILES string of the molecule is COc1cccc(OC)c1-c1ccnc(C(CC(=O)O)c2nnc(C)o2)c1. The summed E-state index contributed by atoms with van der Waals surface area (Å²) < 4.78 is 16.4. The highest BCUT2D eigenvalue weighted by Gasteiger charge is 2.25. The number of methoxy groups -OCH3 is 2. The van der Waals surface area contributed by atoms with E-state index in [1.807, 2.05) is 18.2 Å². The van der Waals surface area contributed by atoms with Gasteiger partial charge in [-0.05, 0) is 29.8 Å². The molecule has 0 aliphatic heterocycles. The van der Waals surface area contributed by atoms with Gasteiger partial charge in [0.25, 0.3) is 0 Å². The second kappa shape index (κ2) is 7.86. The summed E-state index contributed by atoms with van der Waals surface area (Å²) in [5.41, 5.74) is 2.04. The van der Waals surface area contributed by atoms with Crippen molar-refractivity contribution in [1.82, 2.24) is 15.2 Å². The smallest absolute Gasteiger partial charge is 0.304 e. The molecule has 0 aliphatic carbocycles. The molecule has 1 unspecified atom stereocenters.